The first-order valence-electron chi connectivity index (χ1n) is 6.13. The Balaban J connectivity index is 4.14. The minimum atomic E-state index is -0.147. The summed E-state index contributed by atoms with van der Waals surface area (Å²) in [5.41, 5.74) is 5.38. The lowest BCUT2D eigenvalue weighted by atomic mass is 10.3. The summed E-state index contributed by atoms with van der Waals surface area (Å²) in [6, 6.07) is -0.147. The number of unbranched alkanes of at least 4 members (excludes halogenated alkanes) is 1. The average Bonchev–Trinajstić information content (AvgIpc) is 2.38. The Kier molecular flexibility index (Phi) is 9.75. The number of oxime groups is 1. The van der Waals surface area contributed by atoms with Gasteiger partial charge < -0.3 is 25.9 Å². The zero-order valence-electron chi connectivity index (χ0n) is 11.2. The maximum atomic E-state index is 11.8. The molecule has 7 nitrogen and oxygen atoms in total. The van der Waals surface area contributed by atoms with Crippen molar-refractivity contribution in [1.29, 1.82) is 0 Å². The molecule has 2 amide bonds. The van der Waals surface area contributed by atoms with Crippen LogP contribution in [-0.4, -0.2) is 55.3 Å². The highest BCUT2D eigenvalue weighted by molar-refractivity contribution is 5.80. The maximum Gasteiger partial charge on any atom is 0.317 e. The van der Waals surface area contributed by atoms with E-state index < -0.39 is 0 Å². The van der Waals surface area contributed by atoms with Crippen LogP contribution >= 0.6 is 0 Å². The van der Waals surface area contributed by atoms with Gasteiger partial charge in [-0.1, -0.05) is 18.5 Å². The topological polar surface area (TPSA) is 100 Å². The van der Waals surface area contributed by atoms with Crippen LogP contribution in [0.25, 0.3) is 0 Å². The molecule has 4 N–H and O–H groups in total. The number of hydrogen-bond acceptors (Lipinski definition) is 4. The monoisotopic (exact) mass is 260 g/mol. The summed E-state index contributed by atoms with van der Waals surface area (Å²) in [6.45, 7) is 4.05. The van der Waals surface area contributed by atoms with Gasteiger partial charge in [-0.25, -0.2) is 4.79 Å². The van der Waals surface area contributed by atoms with E-state index in [4.69, 9.17) is 15.7 Å². The summed E-state index contributed by atoms with van der Waals surface area (Å²) in [5.74, 6) is 0.110. The third-order valence-corrected chi connectivity index (χ3v) is 2.43. The van der Waals surface area contributed by atoms with Crippen molar-refractivity contribution in [2.24, 2.45) is 10.9 Å². The fourth-order valence-corrected chi connectivity index (χ4v) is 1.30. The summed E-state index contributed by atoms with van der Waals surface area (Å²) in [6.07, 6.45) is 2.31. The molecule has 0 heterocycles. The van der Waals surface area contributed by atoms with E-state index in [0.717, 1.165) is 12.8 Å². The molecule has 0 saturated carbocycles. The van der Waals surface area contributed by atoms with Crippen LogP contribution in [0.15, 0.2) is 5.16 Å². The third-order valence-electron chi connectivity index (χ3n) is 2.43. The molecule has 0 aliphatic rings. The molecule has 0 bridgehead atoms. The molecule has 0 atom stereocenters. The van der Waals surface area contributed by atoms with E-state index >= 15 is 0 Å². The number of amidine groups is 1. The normalized spacial score (nSPS) is 11.3. The van der Waals surface area contributed by atoms with Crippen LogP contribution < -0.4 is 11.1 Å². The molecule has 0 aromatic carbocycles. The molecule has 18 heavy (non-hydrogen) atoms. The van der Waals surface area contributed by atoms with Gasteiger partial charge in [0.15, 0.2) is 0 Å². The van der Waals surface area contributed by atoms with E-state index in [1.165, 1.54) is 0 Å². The minimum Gasteiger partial charge on any atom is -0.409 e. The third kappa shape index (κ3) is 7.72. The number of rotatable bonds is 9. The van der Waals surface area contributed by atoms with Crippen molar-refractivity contribution in [2.75, 3.05) is 33.4 Å². The molecule has 0 aliphatic heterocycles. The number of urea groups is 1. The molecule has 0 fully saturated rings. The SMILES string of the molecule is CCCCNC(=O)N(CCOC)CCC(N)=NO. The van der Waals surface area contributed by atoms with Gasteiger partial charge in [-0.3, -0.25) is 0 Å². The van der Waals surface area contributed by atoms with Crippen molar-refractivity contribution in [1.82, 2.24) is 10.2 Å². The number of hydrogen-bond donors (Lipinski definition) is 3. The Morgan fingerprint density at radius 2 is 2.22 bits per heavy atom. The molecule has 106 valence electrons. The molecular weight excluding hydrogens is 236 g/mol. The number of ether oxygens (including phenoxy) is 1. The summed E-state index contributed by atoms with van der Waals surface area (Å²) >= 11 is 0. The Bertz CT molecular complexity index is 259. The van der Waals surface area contributed by atoms with E-state index in [2.05, 4.69) is 17.4 Å². The number of nitrogens with zero attached hydrogens (tertiary/aromatic N) is 2. The van der Waals surface area contributed by atoms with Crippen LogP contribution in [0.4, 0.5) is 4.79 Å². The van der Waals surface area contributed by atoms with Crippen molar-refractivity contribution >= 4 is 11.9 Å². The molecule has 0 radical (unpaired) electrons. The van der Waals surface area contributed by atoms with Gasteiger partial charge >= 0.3 is 6.03 Å². The molecule has 0 aromatic rings. The fourth-order valence-electron chi connectivity index (χ4n) is 1.30. The molecule has 0 rings (SSSR count). The Labute approximate surface area is 108 Å². The van der Waals surface area contributed by atoms with Gasteiger partial charge in [0.05, 0.1) is 6.61 Å². The van der Waals surface area contributed by atoms with Crippen LogP contribution in [0.2, 0.25) is 0 Å². The number of nitrogens with one attached hydrogen (secondary N) is 1. The number of amides is 2. The molecular formula is C11H24N4O3. The Hall–Kier alpha value is -1.50. The van der Waals surface area contributed by atoms with Crippen LogP contribution in [-0.2, 0) is 4.74 Å². The molecule has 7 heteroatoms. The van der Waals surface area contributed by atoms with Crippen molar-refractivity contribution < 1.29 is 14.7 Å². The van der Waals surface area contributed by atoms with Crippen LogP contribution in [0.3, 0.4) is 0 Å². The van der Waals surface area contributed by atoms with Gasteiger partial charge in [-0.05, 0) is 6.42 Å². The highest BCUT2D eigenvalue weighted by Gasteiger charge is 2.12. The summed E-state index contributed by atoms with van der Waals surface area (Å²) < 4.78 is 4.95. The number of nitrogens with two attached hydrogens (primary N) is 1. The molecule has 0 aliphatic carbocycles. The van der Waals surface area contributed by atoms with Gasteiger partial charge in [0.2, 0.25) is 0 Å². The van der Waals surface area contributed by atoms with Crippen LogP contribution in [0.5, 0.6) is 0 Å². The standard InChI is InChI=1S/C11H24N4O3/c1-3-4-6-13-11(16)15(8-9-18-2)7-5-10(12)14-17/h17H,3-9H2,1-2H3,(H2,12,14)(H,13,16). The van der Waals surface area contributed by atoms with Gasteiger partial charge in [0, 0.05) is 33.2 Å². The van der Waals surface area contributed by atoms with Crippen LogP contribution in [0.1, 0.15) is 26.2 Å². The highest BCUT2D eigenvalue weighted by atomic mass is 16.5. The highest BCUT2D eigenvalue weighted by Crippen LogP contribution is 1.95. The second-order valence-corrected chi connectivity index (χ2v) is 3.91. The number of methoxy groups -OCH3 is 1. The number of carbonyl (C=O) groups is 1. The van der Waals surface area contributed by atoms with Gasteiger partial charge in [0.1, 0.15) is 5.84 Å². The lowest BCUT2D eigenvalue weighted by Gasteiger charge is -2.22. The predicted octanol–water partition coefficient (Wildman–Crippen LogP) is 0.581. The van der Waals surface area contributed by atoms with Crippen molar-refractivity contribution in [2.45, 2.75) is 26.2 Å². The second kappa shape index (κ2) is 10.6. The van der Waals surface area contributed by atoms with Crippen LogP contribution in [0, 0.1) is 0 Å². The first-order chi connectivity index (χ1) is 8.65. The number of carbonyl (C=O) groups excluding carboxylic acids is 1. The zero-order valence-corrected chi connectivity index (χ0v) is 11.2. The smallest absolute Gasteiger partial charge is 0.317 e. The quantitative estimate of drug-likeness (QED) is 0.186. The summed E-state index contributed by atoms with van der Waals surface area (Å²) in [5, 5.41) is 14.2. The lowest BCUT2D eigenvalue weighted by molar-refractivity contribution is 0.150. The minimum absolute atomic E-state index is 0.110. The van der Waals surface area contributed by atoms with Gasteiger partial charge in [-0.2, -0.15) is 0 Å². The first kappa shape index (κ1) is 16.5. The van der Waals surface area contributed by atoms with E-state index in [-0.39, 0.29) is 11.9 Å². The zero-order chi connectivity index (χ0) is 13.8. The molecule has 0 saturated heterocycles. The molecule has 0 unspecified atom stereocenters. The van der Waals surface area contributed by atoms with Crippen molar-refractivity contribution in [3.8, 4) is 0 Å². The average molecular weight is 260 g/mol. The van der Waals surface area contributed by atoms with Crippen molar-refractivity contribution in [3.63, 3.8) is 0 Å². The fraction of sp³-hybridized carbons (Fsp3) is 0.818. The van der Waals surface area contributed by atoms with E-state index in [0.29, 0.717) is 32.7 Å². The second-order valence-electron chi connectivity index (χ2n) is 3.91. The molecule has 0 aromatic heterocycles. The Morgan fingerprint density at radius 3 is 2.78 bits per heavy atom. The molecule has 0 spiro atoms. The predicted molar refractivity (Wildman–Crippen MR) is 69.8 cm³/mol. The Morgan fingerprint density at radius 1 is 1.50 bits per heavy atom. The largest absolute Gasteiger partial charge is 0.409 e. The van der Waals surface area contributed by atoms with E-state index in [9.17, 15) is 4.79 Å². The lowest BCUT2D eigenvalue weighted by Crippen LogP contribution is -2.43. The van der Waals surface area contributed by atoms with E-state index in [1.807, 2.05) is 0 Å². The van der Waals surface area contributed by atoms with E-state index in [1.54, 1.807) is 12.0 Å². The summed E-state index contributed by atoms with van der Waals surface area (Å²) in [7, 11) is 1.58. The van der Waals surface area contributed by atoms with Gasteiger partial charge in [0.25, 0.3) is 0 Å². The van der Waals surface area contributed by atoms with Crippen molar-refractivity contribution in [3.05, 3.63) is 0 Å². The summed E-state index contributed by atoms with van der Waals surface area (Å²) in [4.78, 5) is 13.4. The first-order valence-corrected chi connectivity index (χ1v) is 6.13. The van der Waals surface area contributed by atoms with Gasteiger partial charge in [-0.15, -0.1) is 0 Å². The maximum absolute atomic E-state index is 11.8.